The van der Waals surface area contributed by atoms with Crippen LogP contribution < -0.4 is 15.2 Å². The molecule has 0 aliphatic carbocycles. The lowest BCUT2D eigenvalue weighted by Crippen LogP contribution is -2.53. The van der Waals surface area contributed by atoms with E-state index in [4.69, 9.17) is 4.42 Å². The molecule has 41 heavy (non-hydrogen) atoms. The summed E-state index contributed by atoms with van der Waals surface area (Å²) >= 11 is 1.26. The minimum Gasteiger partial charge on any atom is -0.450 e. The summed E-state index contributed by atoms with van der Waals surface area (Å²) in [6.07, 6.45) is 0.671. The fraction of sp³-hybridized carbons (Fsp3) is 0.219. The number of rotatable bonds is 5. The first-order chi connectivity index (χ1) is 19.8. The second-order valence-electron chi connectivity index (χ2n) is 10.9. The number of nitrogens with zero attached hydrogens (tertiary/aromatic N) is 4. The van der Waals surface area contributed by atoms with Crippen molar-refractivity contribution in [2.45, 2.75) is 39.3 Å². The van der Waals surface area contributed by atoms with Gasteiger partial charge in [0.1, 0.15) is 10.6 Å². The molecular formula is C32H26N4O4S. The topological polar surface area (TPSA) is 96.6 Å². The first-order valence-corrected chi connectivity index (χ1v) is 14.3. The van der Waals surface area contributed by atoms with E-state index in [0.29, 0.717) is 29.0 Å². The van der Waals surface area contributed by atoms with E-state index in [9.17, 15) is 14.4 Å². The Bertz CT molecular complexity index is 1940. The highest BCUT2D eigenvalue weighted by Crippen LogP contribution is 2.54. The van der Waals surface area contributed by atoms with Crippen LogP contribution in [-0.4, -0.2) is 22.0 Å². The number of amides is 2. The lowest BCUT2D eigenvalue weighted by molar-refractivity contribution is -0.121. The van der Waals surface area contributed by atoms with Crippen LogP contribution >= 0.6 is 11.3 Å². The highest BCUT2D eigenvalue weighted by Gasteiger charge is 2.66. The standard InChI is InChI=1S/C32H26N4O4S/c1-18(2)16-25-33-34-31(41-25)36-29(38)28-26(27(37)21-12-6-9-15-24(21)40-28)32(36)22-13-7-8-14-23(22)35(30(32)39)17-20-11-5-4-10-19(20)3/h4-15,18H,16-17H2,1-3H3. The fourth-order valence-electron chi connectivity index (χ4n) is 5.99. The van der Waals surface area contributed by atoms with Crippen LogP contribution in [0, 0.1) is 12.8 Å². The van der Waals surface area contributed by atoms with E-state index in [1.807, 2.05) is 55.5 Å². The Morgan fingerprint density at radius 1 is 0.927 bits per heavy atom. The lowest BCUT2D eigenvalue weighted by Gasteiger charge is -2.32. The molecule has 7 rings (SSSR count). The molecule has 4 heterocycles. The summed E-state index contributed by atoms with van der Waals surface area (Å²) in [5.41, 5.74) is 1.27. The summed E-state index contributed by atoms with van der Waals surface area (Å²) in [5.74, 6) is -0.813. The van der Waals surface area contributed by atoms with Crippen LogP contribution in [0.4, 0.5) is 10.8 Å². The molecule has 9 heteroatoms. The molecule has 0 saturated heterocycles. The van der Waals surface area contributed by atoms with Crippen LogP contribution in [0.15, 0.2) is 82.0 Å². The molecule has 2 aliphatic rings. The van der Waals surface area contributed by atoms with Gasteiger partial charge in [0, 0.05) is 12.0 Å². The van der Waals surface area contributed by atoms with Gasteiger partial charge >= 0.3 is 0 Å². The number of hydrogen-bond acceptors (Lipinski definition) is 7. The van der Waals surface area contributed by atoms with Crippen molar-refractivity contribution in [3.8, 4) is 0 Å². The predicted octanol–water partition coefficient (Wildman–Crippen LogP) is 5.60. The minimum absolute atomic E-state index is 0.0199. The third kappa shape index (κ3) is 3.55. The zero-order chi connectivity index (χ0) is 28.5. The molecule has 0 fully saturated rings. The molecule has 2 aliphatic heterocycles. The van der Waals surface area contributed by atoms with E-state index < -0.39 is 22.8 Å². The van der Waals surface area contributed by atoms with Gasteiger partial charge in [0.2, 0.25) is 10.9 Å². The molecule has 5 aromatic rings. The Kier molecular flexibility index (Phi) is 5.69. The van der Waals surface area contributed by atoms with Crippen molar-refractivity contribution in [3.05, 3.63) is 116 Å². The molecule has 1 unspecified atom stereocenters. The van der Waals surface area contributed by atoms with Crippen molar-refractivity contribution in [2.75, 3.05) is 9.80 Å². The minimum atomic E-state index is -1.79. The molecule has 2 aromatic heterocycles. The maximum Gasteiger partial charge on any atom is 0.297 e. The Morgan fingerprint density at radius 3 is 2.46 bits per heavy atom. The highest BCUT2D eigenvalue weighted by atomic mass is 32.1. The van der Waals surface area contributed by atoms with Gasteiger partial charge in [-0.1, -0.05) is 79.8 Å². The SMILES string of the molecule is Cc1ccccc1CN1C(=O)C2(c3ccccc31)c1c(oc3ccccc3c1=O)C(=O)N2c1nnc(CC(C)C)s1. The van der Waals surface area contributed by atoms with Gasteiger partial charge in [0.15, 0.2) is 11.0 Å². The van der Waals surface area contributed by atoms with Crippen LogP contribution in [0.25, 0.3) is 11.0 Å². The average Bonchev–Trinajstić information content (AvgIpc) is 3.59. The van der Waals surface area contributed by atoms with Crippen molar-refractivity contribution < 1.29 is 14.0 Å². The van der Waals surface area contributed by atoms with E-state index in [2.05, 4.69) is 24.0 Å². The maximum atomic E-state index is 15.0. The Hall–Kier alpha value is -4.63. The van der Waals surface area contributed by atoms with Crippen molar-refractivity contribution in [2.24, 2.45) is 5.92 Å². The maximum absolute atomic E-state index is 15.0. The summed E-state index contributed by atoms with van der Waals surface area (Å²) in [6, 6.07) is 22.0. The molecule has 3 aromatic carbocycles. The van der Waals surface area contributed by atoms with Gasteiger partial charge in [-0.25, -0.2) is 0 Å². The zero-order valence-electron chi connectivity index (χ0n) is 22.7. The van der Waals surface area contributed by atoms with Crippen molar-refractivity contribution in [1.82, 2.24) is 10.2 Å². The number of hydrogen-bond donors (Lipinski definition) is 0. The largest absolute Gasteiger partial charge is 0.450 e. The molecular weight excluding hydrogens is 536 g/mol. The first-order valence-electron chi connectivity index (χ1n) is 13.5. The predicted molar refractivity (Wildman–Crippen MR) is 157 cm³/mol. The van der Waals surface area contributed by atoms with E-state index in [1.165, 1.54) is 16.2 Å². The van der Waals surface area contributed by atoms with Crippen LogP contribution in [0.1, 0.15) is 51.7 Å². The summed E-state index contributed by atoms with van der Waals surface area (Å²) in [7, 11) is 0. The average molecular weight is 563 g/mol. The van der Waals surface area contributed by atoms with Gasteiger partial charge in [-0.05, 0) is 42.2 Å². The van der Waals surface area contributed by atoms with E-state index in [1.54, 1.807) is 29.2 Å². The highest BCUT2D eigenvalue weighted by molar-refractivity contribution is 7.15. The van der Waals surface area contributed by atoms with Crippen LogP contribution in [0.2, 0.25) is 0 Å². The van der Waals surface area contributed by atoms with Crippen LogP contribution in [-0.2, 0) is 23.3 Å². The number of para-hydroxylation sites is 2. The number of anilines is 2. The Labute approximate surface area is 239 Å². The number of carbonyl (C=O) groups is 2. The van der Waals surface area contributed by atoms with Crippen molar-refractivity contribution >= 4 is 44.9 Å². The number of fused-ring (bicyclic) bond motifs is 5. The summed E-state index contributed by atoms with van der Waals surface area (Å²) in [4.78, 5) is 46.6. The molecule has 0 saturated carbocycles. The Morgan fingerprint density at radius 2 is 1.66 bits per heavy atom. The number of carbonyl (C=O) groups excluding carboxylic acids is 2. The van der Waals surface area contributed by atoms with E-state index in [0.717, 1.165) is 16.1 Å². The molecule has 0 bridgehead atoms. The van der Waals surface area contributed by atoms with E-state index >= 15 is 0 Å². The fourth-order valence-corrected chi connectivity index (χ4v) is 7.09. The molecule has 0 N–H and O–H groups in total. The molecule has 204 valence electrons. The number of benzene rings is 3. The van der Waals surface area contributed by atoms with Crippen molar-refractivity contribution in [3.63, 3.8) is 0 Å². The van der Waals surface area contributed by atoms with Gasteiger partial charge in [-0.15, -0.1) is 10.2 Å². The second-order valence-corrected chi connectivity index (χ2v) is 11.9. The second kappa shape index (κ2) is 9.21. The molecule has 1 spiro atoms. The van der Waals surface area contributed by atoms with Gasteiger partial charge < -0.3 is 9.32 Å². The van der Waals surface area contributed by atoms with Gasteiger partial charge in [0.25, 0.3) is 11.8 Å². The van der Waals surface area contributed by atoms with Gasteiger partial charge in [-0.2, -0.15) is 0 Å². The molecule has 1 atom stereocenters. The molecule has 8 nitrogen and oxygen atoms in total. The zero-order valence-corrected chi connectivity index (χ0v) is 23.6. The van der Waals surface area contributed by atoms with E-state index in [-0.39, 0.29) is 28.6 Å². The van der Waals surface area contributed by atoms with Gasteiger partial charge in [0.05, 0.1) is 23.2 Å². The summed E-state index contributed by atoms with van der Waals surface area (Å²) in [5, 5.41) is 10.0. The number of aromatic nitrogens is 2. The monoisotopic (exact) mass is 562 g/mol. The van der Waals surface area contributed by atoms with Gasteiger partial charge in [-0.3, -0.25) is 19.3 Å². The summed E-state index contributed by atoms with van der Waals surface area (Å²) < 4.78 is 6.14. The first kappa shape index (κ1) is 25.3. The van der Waals surface area contributed by atoms with Crippen LogP contribution in [0.3, 0.4) is 0 Å². The van der Waals surface area contributed by atoms with Crippen molar-refractivity contribution in [1.29, 1.82) is 0 Å². The third-order valence-electron chi connectivity index (χ3n) is 7.85. The third-order valence-corrected chi connectivity index (χ3v) is 8.78. The number of aryl methyl sites for hydroxylation is 1. The summed E-state index contributed by atoms with van der Waals surface area (Å²) in [6.45, 7) is 6.42. The Balaban J connectivity index is 1.53. The smallest absolute Gasteiger partial charge is 0.297 e. The molecule has 2 amide bonds. The quantitative estimate of drug-likeness (QED) is 0.277. The lowest BCUT2D eigenvalue weighted by atomic mass is 9.84. The van der Waals surface area contributed by atoms with Crippen LogP contribution in [0.5, 0.6) is 0 Å². The normalized spacial score (nSPS) is 17.8. The molecule has 0 radical (unpaired) electrons.